The third kappa shape index (κ3) is 3.54. The Morgan fingerprint density at radius 1 is 1.27 bits per heavy atom. The van der Waals surface area contributed by atoms with Gasteiger partial charge in [-0.15, -0.1) is 11.3 Å². The van der Waals surface area contributed by atoms with Crippen LogP contribution in [0.25, 0.3) is 10.2 Å². The van der Waals surface area contributed by atoms with Crippen molar-refractivity contribution in [3.05, 3.63) is 55.9 Å². The lowest BCUT2D eigenvalue weighted by molar-refractivity contribution is 0.103. The summed E-state index contributed by atoms with van der Waals surface area (Å²) in [5.74, 6) is 0.376. The van der Waals surface area contributed by atoms with Crippen LogP contribution >= 0.6 is 11.3 Å². The first-order valence-electron chi connectivity index (χ1n) is 8.32. The molecule has 2 heterocycles. The number of benzene rings is 1. The fourth-order valence-corrected chi connectivity index (χ4v) is 4.01. The summed E-state index contributed by atoms with van der Waals surface area (Å²) in [5.41, 5.74) is 3.38. The molecule has 0 saturated heterocycles. The molecule has 7 heteroatoms. The number of H-pyrrole nitrogens is 1. The first-order valence-corrected chi connectivity index (χ1v) is 9.13. The van der Waals surface area contributed by atoms with Crippen molar-refractivity contribution < 1.29 is 4.79 Å². The zero-order valence-electron chi connectivity index (χ0n) is 15.6. The summed E-state index contributed by atoms with van der Waals surface area (Å²) in [7, 11) is 3.82. The average molecular weight is 370 g/mol. The Kier molecular flexibility index (Phi) is 4.93. The van der Waals surface area contributed by atoms with Gasteiger partial charge in [-0.1, -0.05) is 17.7 Å². The lowest BCUT2D eigenvalue weighted by Gasteiger charge is -2.08. The van der Waals surface area contributed by atoms with Crippen molar-refractivity contribution >= 4 is 33.1 Å². The number of hydrogen-bond donors (Lipinski definition) is 2. The third-order valence-electron chi connectivity index (χ3n) is 4.15. The molecule has 136 valence electrons. The number of carbonyl (C=O) groups is 1. The van der Waals surface area contributed by atoms with Gasteiger partial charge in [0.25, 0.3) is 11.5 Å². The summed E-state index contributed by atoms with van der Waals surface area (Å²) < 4.78 is 0. The number of carbonyl (C=O) groups excluding carboxylic acids is 1. The molecule has 0 spiro atoms. The van der Waals surface area contributed by atoms with Crippen molar-refractivity contribution in [1.82, 2.24) is 14.9 Å². The van der Waals surface area contributed by atoms with Crippen LogP contribution in [0, 0.1) is 20.8 Å². The molecule has 26 heavy (non-hydrogen) atoms. The topological polar surface area (TPSA) is 78.1 Å². The first kappa shape index (κ1) is 18.3. The standard InChI is InChI=1S/C19H22N4O2S/c1-10-6-7-13(11(2)8-10)20-18(25)16-12(3)15-17(24)21-14(9-23(4)5)22-19(15)26-16/h6-8H,9H2,1-5H3,(H,20,25)(H,21,22,24). The van der Waals surface area contributed by atoms with Crippen molar-refractivity contribution in [2.45, 2.75) is 27.3 Å². The van der Waals surface area contributed by atoms with Gasteiger partial charge in [0, 0.05) is 5.69 Å². The lowest BCUT2D eigenvalue weighted by Crippen LogP contribution is -2.18. The Bertz CT molecular complexity index is 1050. The molecule has 2 N–H and O–H groups in total. The second-order valence-electron chi connectivity index (χ2n) is 6.76. The van der Waals surface area contributed by atoms with Gasteiger partial charge < -0.3 is 15.2 Å². The monoisotopic (exact) mass is 370 g/mol. The van der Waals surface area contributed by atoms with Crippen molar-refractivity contribution in [1.29, 1.82) is 0 Å². The van der Waals surface area contributed by atoms with Gasteiger partial charge in [0.2, 0.25) is 0 Å². The van der Waals surface area contributed by atoms with Crippen LogP contribution in [0.1, 0.15) is 32.2 Å². The van der Waals surface area contributed by atoms with Crippen LogP contribution in [-0.4, -0.2) is 34.9 Å². The fourth-order valence-electron chi connectivity index (χ4n) is 2.91. The van der Waals surface area contributed by atoms with E-state index in [1.54, 1.807) is 6.92 Å². The maximum atomic E-state index is 12.8. The SMILES string of the molecule is Cc1ccc(NC(=O)c2sc3nc(CN(C)C)[nH]c(=O)c3c2C)c(C)c1. The zero-order chi connectivity index (χ0) is 19.0. The van der Waals surface area contributed by atoms with E-state index in [9.17, 15) is 9.59 Å². The molecule has 3 rings (SSSR count). The molecule has 0 saturated carbocycles. The molecule has 1 amide bonds. The average Bonchev–Trinajstić information content (AvgIpc) is 2.86. The Hall–Kier alpha value is -2.51. The maximum Gasteiger partial charge on any atom is 0.266 e. The third-order valence-corrected chi connectivity index (χ3v) is 5.34. The van der Waals surface area contributed by atoms with E-state index in [2.05, 4.69) is 15.3 Å². The van der Waals surface area contributed by atoms with Crippen LogP contribution in [0.2, 0.25) is 0 Å². The Morgan fingerprint density at radius 2 is 2.00 bits per heavy atom. The molecular weight excluding hydrogens is 348 g/mol. The number of aromatic nitrogens is 2. The van der Waals surface area contributed by atoms with E-state index in [-0.39, 0.29) is 11.5 Å². The van der Waals surface area contributed by atoms with Crippen LogP contribution in [0.15, 0.2) is 23.0 Å². The molecule has 1 aromatic carbocycles. The molecule has 3 aromatic rings. The van der Waals surface area contributed by atoms with E-state index in [0.29, 0.717) is 33.0 Å². The van der Waals surface area contributed by atoms with Gasteiger partial charge in [-0.3, -0.25) is 9.59 Å². The Labute approximate surface area is 155 Å². The van der Waals surface area contributed by atoms with Gasteiger partial charge in [-0.05, 0) is 52.1 Å². The molecule has 0 fully saturated rings. The van der Waals surface area contributed by atoms with Crippen molar-refractivity contribution in [2.75, 3.05) is 19.4 Å². The molecule has 2 aromatic heterocycles. The quantitative estimate of drug-likeness (QED) is 0.739. The predicted octanol–water partition coefficient (Wildman–Crippen LogP) is 3.22. The van der Waals surface area contributed by atoms with Crippen LogP contribution in [-0.2, 0) is 6.54 Å². The molecular formula is C19H22N4O2S. The van der Waals surface area contributed by atoms with Crippen molar-refractivity contribution in [3.8, 4) is 0 Å². The zero-order valence-corrected chi connectivity index (χ0v) is 16.4. The number of nitrogens with zero attached hydrogens (tertiary/aromatic N) is 2. The fraction of sp³-hybridized carbons (Fsp3) is 0.316. The predicted molar refractivity (Wildman–Crippen MR) is 106 cm³/mol. The van der Waals surface area contributed by atoms with Gasteiger partial charge in [0.1, 0.15) is 10.7 Å². The van der Waals surface area contributed by atoms with Crippen LogP contribution in [0.4, 0.5) is 5.69 Å². The summed E-state index contributed by atoms with van der Waals surface area (Å²) >= 11 is 1.25. The highest BCUT2D eigenvalue weighted by atomic mass is 32.1. The largest absolute Gasteiger partial charge is 0.321 e. The van der Waals surface area contributed by atoms with E-state index in [1.165, 1.54) is 11.3 Å². The highest BCUT2D eigenvalue weighted by Gasteiger charge is 2.20. The molecule has 0 unspecified atom stereocenters. The minimum absolute atomic E-state index is 0.203. The second kappa shape index (κ2) is 7.01. The molecule has 6 nitrogen and oxygen atoms in total. The lowest BCUT2D eigenvalue weighted by atomic mass is 10.1. The van der Waals surface area contributed by atoms with Gasteiger partial charge >= 0.3 is 0 Å². The summed E-state index contributed by atoms with van der Waals surface area (Å²) in [4.78, 5) is 35.6. The maximum absolute atomic E-state index is 12.8. The van der Waals surface area contributed by atoms with E-state index in [0.717, 1.165) is 16.8 Å². The second-order valence-corrected chi connectivity index (χ2v) is 7.76. The highest BCUT2D eigenvalue weighted by Crippen LogP contribution is 2.28. The molecule has 0 aliphatic carbocycles. The number of fused-ring (bicyclic) bond motifs is 1. The first-order chi connectivity index (χ1) is 12.3. The number of anilines is 1. The summed E-state index contributed by atoms with van der Waals surface area (Å²) in [6.45, 7) is 6.29. The number of aryl methyl sites for hydroxylation is 3. The number of aromatic amines is 1. The van der Waals surface area contributed by atoms with Crippen molar-refractivity contribution in [2.24, 2.45) is 0 Å². The Morgan fingerprint density at radius 3 is 2.65 bits per heavy atom. The molecule has 0 aliphatic heterocycles. The molecule has 0 atom stereocenters. The summed E-state index contributed by atoms with van der Waals surface area (Å²) in [5, 5.41) is 3.43. The van der Waals surface area contributed by atoms with Crippen LogP contribution in [0.5, 0.6) is 0 Å². The van der Waals surface area contributed by atoms with Crippen molar-refractivity contribution in [3.63, 3.8) is 0 Å². The Balaban J connectivity index is 1.99. The molecule has 0 aliphatic rings. The number of thiophene rings is 1. The van der Waals surface area contributed by atoms with E-state index in [4.69, 9.17) is 0 Å². The van der Waals surface area contributed by atoms with E-state index in [1.807, 2.05) is 51.0 Å². The summed E-state index contributed by atoms with van der Waals surface area (Å²) in [6, 6.07) is 5.87. The number of amides is 1. The van der Waals surface area contributed by atoms with E-state index < -0.39 is 0 Å². The summed E-state index contributed by atoms with van der Waals surface area (Å²) in [6.07, 6.45) is 0. The van der Waals surface area contributed by atoms with E-state index >= 15 is 0 Å². The van der Waals surface area contributed by atoms with Gasteiger partial charge in [-0.2, -0.15) is 0 Å². The number of rotatable bonds is 4. The van der Waals surface area contributed by atoms with Crippen LogP contribution in [0.3, 0.4) is 0 Å². The minimum atomic E-state index is -0.217. The number of hydrogen-bond acceptors (Lipinski definition) is 5. The molecule has 0 bridgehead atoms. The van der Waals surface area contributed by atoms with Gasteiger partial charge in [0.05, 0.1) is 16.8 Å². The highest BCUT2D eigenvalue weighted by molar-refractivity contribution is 7.20. The minimum Gasteiger partial charge on any atom is -0.321 e. The molecule has 0 radical (unpaired) electrons. The van der Waals surface area contributed by atoms with Gasteiger partial charge in [-0.25, -0.2) is 4.98 Å². The van der Waals surface area contributed by atoms with Gasteiger partial charge in [0.15, 0.2) is 0 Å². The smallest absolute Gasteiger partial charge is 0.266 e. The normalized spacial score (nSPS) is 11.3. The van der Waals surface area contributed by atoms with Crippen LogP contribution < -0.4 is 10.9 Å². The number of nitrogens with one attached hydrogen (secondary N) is 2.